The molecular formula is C54H83P. The fraction of sp³-hybridized carbons (Fsp3) is 0.481. The highest BCUT2D eigenvalue weighted by atomic mass is 31.0. The Morgan fingerprint density at radius 2 is 1.18 bits per heavy atom. The number of aryl methyl sites for hydroxylation is 5. The fourth-order valence-corrected chi connectivity index (χ4v) is 6.08. The van der Waals surface area contributed by atoms with Crippen LogP contribution in [-0.4, -0.2) is 6.16 Å². The molecular weight excluding hydrogens is 680 g/mol. The lowest BCUT2D eigenvalue weighted by Crippen LogP contribution is -2.14. The predicted molar refractivity (Wildman–Crippen MR) is 259 cm³/mol. The molecule has 0 fully saturated rings. The van der Waals surface area contributed by atoms with Crippen LogP contribution in [0, 0.1) is 44.4 Å². The zero-order chi connectivity index (χ0) is 42.6. The minimum Gasteiger partial charge on any atom is -0.137 e. The average molecular weight is 763 g/mol. The van der Waals surface area contributed by atoms with Crippen molar-refractivity contribution in [3.05, 3.63) is 147 Å². The van der Waals surface area contributed by atoms with Gasteiger partial charge in [0.2, 0.25) is 0 Å². The Morgan fingerprint density at radius 1 is 0.673 bits per heavy atom. The van der Waals surface area contributed by atoms with Crippen molar-refractivity contribution in [1.29, 1.82) is 0 Å². The summed E-state index contributed by atoms with van der Waals surface area (Å²) in [5.41, 5.74) is 15.8. The molecule has 0 aromatic heterocycles. The molecule has 0 saturated carbocycles. The van der Waals surface area contributed by atoms with Crippen molar-refractivity contribution in [2.24, 2.45) is 16.7 Å². The Labute approximate surface area is 345 Å². The van der Waals surface area contributed by atoms with Crippen LogP contribution in [0.5, 0.6) is 0 Å². The standard InChI is InChI=1S/C21H27P.C14H20.C13H20.C4H10.C2H6/c1-17-9-10-19(12-11-18-7-5-4-6-8-18)15-20(17)13-14-21(2,3)16-22;1-10(2)12-8-7-11(3)13(9-12)14(4,5)6;1-10-6-11(2)8-12(7-10)9-13(3,4)5;1-4(2)3;1-2/h4-12,15H,13-14,16,22H2,1-3H3;7-9H,1H2,2-6H3;6-8H,9H2,1-5H3;4H,1-3H3;1-2H3/b12-11+;;;;. The SMILES string of the molecule is C=C(C)c1ccc(C)c(C(C)(C)C)c1.CC.CC(C)C.Cc1cc(C)cc(CC(C)(C)C)c1.Cc1ccc(/C=C/c2ccccc2)cc1CCC(C)(C)CP. The topological polar surface area (TPSA) is 0 Å². The molecule has 0 saturated heterocycles. The molecule has 4 aromatic rings. The van der Waals surface area contributed by atoms with Gasteiger partial charge in [-0.05, 0) is 127 Å². The first kappa shape index (κ1) is 51.8. The van der Waals surface area contributed by atoms with E-state index in [-0.39, 0.29) is 5.41 Å². The molecule has 0 aliphatic heterocycles. The van der Waals surface area contributed by atoms with Gasteiger partial charge in [-0.1, -0.05) is 210 Å². The molecule has 0 amide bonds. The molecule has 0 aliphatic rings. The van der Waals surface area contributed by atoms with Crippen molar-refractivity contribution >= 4 is 27.0 Å². The van der Waals surface area contributed by atoms with Crippen LogP contribution in [0.2, 0.25) is 0 Å². The maximum absolute atomic E-state index is 3.98. The van der Waals surface area contributed by atoms with Crippen LogP contribution in [0.4, 0.5) is 0 Å². The zero-order valence-corrected chi connectivity index (χ0v) is 40.1. The van der Waals surface area contributed by atoms with E-state index in [2.05, 4.69) is 224 Å². The summed E-state index contributed by atoms with van der Waals surface area (Å²) in [7, 11) is 2.88. The summed E-state index contributed by atoms with van der Waals surface area (Å²) in [5.74, 6) is 0.833. The van der Waals surface area contributed by atoms with E-state index in [9.17, 15) is 0 Å². The van der Waals surface area contributed by atoms with Crippen molar-refractivity contribution in [1.82, 2.24) is 0 Å². The van der Waals surface area contributed by atoms with Gasteiger partial charge < -0.3 is 0 Å². The molecule has 4 rings (SSSR count). The first-order valence-electron chi connectivity index (χ1n) is 20.8. The summed E-state index contributed by atoms with van der Waals surface area (Å²) in [4.78, 5) is 0. The van der Waals surface area contributed by atoms with E-state index in [4.69, 9.17) is 0 Å². The Hall–Kier alpha value is -3.21. The van der Waals surface area contributed by atoms with Crippen molar-refractivity contribution in [2.45, 2.75) is 149 Å². The minimum atomic E-state index is 0.218. The van der Waals surface area contributed by atoms with Crippen molar-refractivity contribution in [2.75, 3.05) is 6.16 Å². The van der Waals surface area contributed by atoms with E-state index in [1.165, 1.54) is 62.1 Å². The number of benzene rings is 4. The molecule has 0 N–H and O–H groups in total. The third-order valence-electron chi connectivity index (χ3n) is 8.82. The largest absolute Gasteiger partial charge is 0.137 e. The van der Waals surface area contributed by atoms with E-state index in [0.717, 1.165) is 30.5 Å². The van der Waals surface area contributed by atoms with E-state index >= 15 is 0 Å². The molecule has 0 heterocycles. The molecule has 4 aromatic carbocycles. The van der Waals surface area contributed by atoms with Gasteiger partial charge in [0.15, 0.2) is 0 Å². The number of hydrogen-bond donors (Lipinski definition) is 0. The Bertz CT molecular complexity index is 1680. The molecule has 1 heteroatoms. The third kappa shape index (κ3) is 23.5. The van der Waals surface area contributed by atoms with Gasteiger partial charge in [-0.3, -0.25) is 0 Å². The average Bonchev–Trinajstić information content (AvgIpc) is 3.07. The highest BCUT2D eigenvalue weighted by Crippen LogP contribution is 2.29. The lowest BCUT2D eigenvalue weighted by Gasteiger charge is -2.22. The monoisotopic (exact) mass is 763 g/mol. The summed E-state index contributed by atoms with van der Waals surface area (Å²) in [5, 5.41) is 0. The van der Waals surface area contributed by atoms with Gasteiger partial charge in [-0.15, -0.1) is 9.24 Å². The Balaban J connectivity index is 0.000000770. The Morgan fingerprint density at radius 3 is 1.65 bits per heavy atom. The fourth-order valence-electron chi connectivity index (χ4n) is 5.88. The highest BCUT2D eigenvalue weighted by Gasteiger charge is 2.17. The van der Waals surface area contributed by atoms with Crippen LogP contribution in [-0.2, 0) is 18.3 Å². The van der Waals surface area contributed by atoms with Crippen molar-refractivity contribution < 1.29 is 0 Å². The summed E-state index contributed by atoms with van der Waals surface area (Å²) in [6.45, 7) is 43.5. The lowest BCUT2D eigenvalue weighted by atomic mass is 9.83. The number of hydrogen-bond acceptors (Lipinski definition) is 0. The minimum absolute atomic E-state index is 0.218. The van der Waals surface area contributed by atoms with E-state index < -0.39 is 0 Å². The van der Waals surface area contributed by atoms with E-state index in [1.54, 1.807) is 0 Å². The van der Waals surface area contributed by atoms with Crippen molar-refractivity contribution in [3.8, 4) is 0 Å². The summed E-state index contributed by atoms with van der Waals surface area (Å²) in [6.07, 6.45) is 9.08. The molecule has 55 heavy (non-hydrogen) atoms. The van der Waals surface area contributed by atoms with Gasteiger partial charge in [0, 0.05) is 0 Å². The summed E-state index contributed by atoms with van der Waals surface area (Å²) in [6, 6.07) is 30.7. The third-order valence-corrected chi connectivity index (χ3v) is 9.92. The van der Waals surface area contributed by atoms with Crippen LogP contribution in [0.15, 0.2) is 91.5 Å². The molecule has 1 atom stereocenters. The lowest BCUT2D eigenvalue weighted by molar-refractivity contribution is 0.387. The molecule has 0 spiro atoms. The molecule has 304 valence electrons. The van der Waals surface area contributed by atoms with Gasteiger partial charge in [0.05, 0.1) is 0 Å². The first-order valence-corrected chi connectivity index (χ1v) is 21.6. The van der Waals surface area contributed by atoms with Crippen LogP contribution in [0.1, 0.15) is 159 Å². The maximum Gasteiger partial charge on any atom is -0.0129 e. The maximum atomic E-state index is 3.98. The van der Waals surface area contributed by atoms with Gasteiger partial charge in [-0.2, -0.15) is 0 Å². The molecule has 0 bridgehead atoms. The van der Waals surface area contributed by atoms with Gasteiger partial charge in [0.1, 0.15) is 0 Å². The van der Waals surface area contributed by atoms with Crippen LogP contribution in [0.3, 0.4) is 0 Å². The first-order chi connectivity index (χ1) is 25.4. The van der Waals surface area contributed by atoms with Gasteiger partial charge >= 0.3 is 0 Å². The number of allylic oxidation sites excluding steroid dienone is 1. The van der Waals surface area contributed by atoms with Crippen molar-refractivity contribution in [3.63, 3.8) is 0 Å². The molecule has 0 aliphatic carbocycles. The summed E-state index contributed by atoms with van der Waals surface area (Å²) < 4.78 is 0. The van der Waals surface area contributed by atoms with Crippen LogP contribution >= 0.6 is 9.24 Å². The van der Waals surface area contributed by atoms with Crippen LogP contribution in [0.25, 0.3) is 17.7 Å². The van der Waals surface area contributed by atoms with Gasteiger partial charge in [0.25, 0.3) is 0 Å². The second-order valence-electron chi connectivity index (χ2n) is 18.8. The van der Waals surface area contributed by atoms with E-state index in [1.807, 2.05) is 13.8 Å². The molecule has 0 nitrogen and oxygen atoms in total. The Kier molecular flexibility index (Phi) is 23.7. The highest BCUT2D eigenvalue weighted by molar-refractivity contribution is 7.16. The smallest absolute Gasteiger partial charge is 0.0129 e. The van der Waals surface area contributed by atoms with Crippen LogP contribution < -0.4 is 0 Å². The quantitative estimate of drug-likeness (QED) is 0.124. The molecule has 0 radical (unpaired) electrons. The normalized spacial score (nSPS) is 11.3. The second kappa shape index (κ2) is 25.1. The predicted octanol–water partition coefficient (Wildman–Crippen LogP) is 16.9. The zero-order valence-electron chi connectivity index (χ0n) is 38.9. The van der Waals surface area contributed by atoms with Gasteiger partial charge in [-0.25, -0.2) is 0 Å². The second-order valence-corrected chi connectivity index (χ2v) is 19.2. The molecule has 1 unspecified atom stereocenters. The van der Waals surface area contributed by atoms with E-state index in [0.29, 0.717) is 10.8 Å². The number of rotatable bonds is 8. The summed E-state index contributed by atoms with van der Waals surface area (Å²) >= 11 is 0.